The lowest BCUT2D eigenvalue weighted by atomic mass is 9.75. The molecule has 2 aliphatic rings. The SMILES string of the molecule is CCC1(C)NC(=O)N(CCCNC(=NC)NC2CCC(C)(C)CC2)C1=O. The topological polar surface area (TPSA) is 85.8 Å². The Morgan fingerprint density at radius 3 is 2.46 bits per heavy atom. The van der Waals surface area contributed by atoms with Crippen LogP contribution < -0.4 is 16.0 Å². The van der Waals surface area contributed by atoms with Gasteiger partial charge in [-0.2, -0.15) is 0 Å². The number of nitrogens with zero attached hydrogens (tertiary/aromatic N) is 2. The van der Waals surface area contributed by atoms with Crippen molar-refractivity contribution in [2.45, 2.75) is 77.8 Å². The van der Waals surface area contributed by atoms with Crippen LogP contribution in [-0.4, -0.2) is 54.5 Å². The van der Waals surface area contributed by atoms with E-state index in [1.165, 1.54) is 17.7 Å². The van der Waals surface area contributed by atoms with Crippen LogP contribution in [0.5, 0.6) is 0 Å². The lowest BCUT2D eigenvalue weighted by Crippen LogP contribution is -2.46. The summed E-state index contributed by atoms with van der Waals surface area (Å²) in [7, 11) is 1.77. The molecule has 26 heavy (non-hydrogen) atoms. The molecule has 0 aromatic rings. The highest BCUT2D eigenvalue weighted by Gasteiger charge is 2.45. The first-order chi connectivity index (χ1) is 12.2. The van der Waals surface area contributed by atoms with Crippen molar-refractivity contribution in [3.8, 4) is 0 Å². The Labute approximate surface area is 157 Å². The summed E-state index contributed by atoms with van der Waals surface area (Å²) in [5.74, 6) is 0.669. The fraction of sp³-hybridized carbons (Fsp3) is 0.842. The third-order valence-electron chi connectivity index (χ3n) is 5.81. The van der Waals surface area contributed by atoms with Gasteiger partial charge in [0, 0.05) is 26.2 Å². The molecular formula is C19H35N5O2. The van der Waals surface area contributed by atoms with Crippen LogP contribution in [0.3, 0.4) is 0 Å². The number of rotatable bonds is 6. The normalized spacial score (nSPS) is 26.8. The molecule has 3 amide bonds. The lowest BCUT2D eigenvalue weighted by Gasteiger charge is -2.35. The van der Waals surface area contributed by atoms with Crippen molar-refractivity contribution < 1.29 is 9.59 Å². The summed E-state index contributed by atoms with van der Waals surface area (Å²) in [5.41, 5.74) is -0.304. The fourth-order valence-electron chi connectivity index (χ4n) is 3.57. The van der Waals surface area contributed by atoms with E-state index in [1.54, 1.807) is 14.0 Å². The maximum atomic E-state index is 12.4. The van der Waals surface area contributed by atoms with Gasteiger partial charge in [0.25, 0.3) is 5.91 Å². The minimum Gasteiger partial charge on any atom is -0.356 e. The van der Waals surface area contributed by atoms with Gasteiger partial charge in [-0.25, -0.2) is 4.79 Å². The zero-order chi connectivity index (χ0) is 19.4. The molecule has 7 heteroatoms. The van der Waals surface area contributed by atoms with Crippen molar-refractivity contribution in [1.82, 2.24) is 20.9 Å². The Balaban J connectivity index is 1.72. The van der Waals surface area contributed by atoms with Gasteiger partial charge in [-0.1, -0.05) is 20.8 Å². The number of guanidine groups is 1. The molecule has 1 aliphatic carbocycles. The van der Waals surface area contributed by atoms with Gasteiger partial charge in [-0.15, -0.1) is 0 Å². The summed E-state index contributed by atoms with van der Waals surface area (Å²) in [5, 5.41) is 9.57. The first-order valence-corrected chi connectivity index (χ1v) is 9.82. The van der Waals surface area contributed by atoms with E-state index < -0.39 is 5.54 Å². The van der Waals surface area contributed by atoms with Gasteiger partial charge < -0.3 is 16.0 Å². The largest absolute Gasteiger partial charge is 0.356 e. The number of hydrogen-bond acceptors (Lipinski definition) is 3. The van der Waals surface area contributed by atoms with Crippen molar-refractivity contribution in [3.63, 3.8) is 0 Å². The summed E-state index contributed by atoms with van der Waals surface area (Å²) in [6, 6.07) is 0.178. The molecule has 2 rings (SSSR count). The summed E-state index contributed by atoms with van der Waals surface area (Å²) in [6.07, 6.45) is 6.06. The molecule has 0 aromatic carbocycles. The third kappa shape index (κ3) is 4.89. The molecule has 1 saturated carbocycles. The summed E-state index contributed by atoms with van der Waals surface area (Å²) < 4.78 is 0. The second-order valence-corrected chi connectivity index (χ2v) is 8.51. The average Bonchev–Trinajstić information content (AvgIpc) is 2.82. The zero-order valence-electron chi connectivity index (χ0n) is 16.9. The van der Waals surface area contributed by atoms with Crippen LogP contribution in [0.4, 0.5) is 4.79 Å². The first-order valence-electron chi connectivity index (χ1n) is 9.82. The van der Waals surface area contributed by atoms with Gasteiger partial charge in [0.1, 0.15) is 5.54 Å². The maximum Gasteiger partial charge on any atom is 0.325 e. The predicted octanol–water partition coefficient (Wildman–Crippen LogP) is 2.23. The average molecular weight is 366 g/mol. The number of carbonyl (C=O) groups excluding carboxylic acids is 2. The van der Waals surface area contributed by atoms with E-state index in [-0.39, 0.29) is 11.9 Å². The predicted molar refractivity (Wildman–Crippen MR) is 104 cm³/mol. The van der Waals surface area contributed by atoms with Crippen LogP contribution in [0.25, 0.3) is 0 Å². The summed E-state index contributed by atoms with van der Waals surface area (Å²) >= 11 is 0. The van der Waals surface area contributed by atoms with Crippen LogP contribution in [-0.2, 0) is 4.79 Å². The van der Waals surface area contributed by atoms with E-state index in [0.717, 1.165) is 18.8 Å². The molecule has 7 nitrogen and oxygen atoms in total. The molecule has 148 valence electrons. The smallest absolute Gasteiger partial charge is 0.325 e. The fourth-order valence-corrected chi connectivity index (χ4v) is 3.57. The Morgan fingerprint density at radius 1 is 1.27 bits per heavy atom. The number of amides is 3. The van der Waals surface area contributed by atoms with Gasteiger partial charge in [-0.05, 0) is 50.9 Å². The molecule has 2 fully saturated rings. The standard InChI is InChI=1S/C19H35N5O2/c1-6-19(4)15(25)24(17(26)23-19)13-7-12-21-16(20-5)22-14-8-10-18(2,3)11-9-14/h14H,6-13H2,1-5H3,(H,23,26)(H2,20,21,22). The minimum absolute atomic E-state index is 0.127. The molecule has 1 aliphatic heterocycles. The zero-order valence-corrected chi connectivity index (χ0v) is 16.9. The molecular weight excluding hydrogens is 330 g/mol. The Bertz CT molecular complexity index is 550. The minimum atomic E-state index is -0.753. The van der Waals surface area contributed by atoms with E-state index in [9.17, 15) is 9.59 Å². The van der Waals surface area contributed by atoms with Crippen molar-refractivity contribution in [3.05, 3.63) is 0 Å². The van der Waals surface area contributed by atoms with Gasteiger partial charge in [0.15, 0.2) is 5.96 Å². The monoisotopic (exact) mass is 365 g/mol. The number of hydrogen-bond donors (Lipinski definition) is 3. The Hall–Kier alpha value is -1.79. The van der Waals surface area contributed by atoms with Gasteiger partial charge in [-0.3, -0.25) is 14.7 Å². The molecule has 3 N–H and O–H groups in total. The van der Waals surface area contributed by atoms with Gasteiger partial charge >= 0.3 is 6.03 Å². The second kappa shape index (κ2) is 8.27. The second-order valence-electron chi connectivity index (χ2n) is 8.51. The number of imide groups is 1. The molecule has 0 bridgehead atoms. The number of urea groups is 1. The first kappa shape index (κ1) is 20.5. The van der Waals surface area contributed by atoms with Crippen molar-refractivity contribution >= 4 is 17.9 Å². The third-order valence-corrected chi connectivity index (χ3v) is 5.81. The Morgan fingerprint density at radius 2 is 1.92 bits per heavy atom. The van der Waals surface area contributed by atoms with Crippen LogP contribution in [0.15, 0.2) is 4.99 Å². The van der Waals surface area contributed by atoms with E-state index >= 15 is 0 Å². The maximum absolute atomic E-state index is 12.4. The van der Waals surface area contributed by atoms with Crippen molar-refractivity contribution in [2.75, 3.05) is 20.1 Å². The molecule has 1 heterocycles. The van der Waals surface area contributed by atoms with Crippen molar-refractivity contribution in [1.29, 1.82) is 0 Å². The highest BCUT2D eigenvalue weighted by Crippen LogP contribution is 2.34. The van der Waals surface area contributed by atoms with E-state index in [2.05, 4.69) is 34.8 Å². The number of nitrogens with one attached hydrogen (secondary N) is 3. The van der Waals surface area contributed by atoms with Gasteiger partial charge in [0.2, 0.25) is 0 Å². The number of aliphatic imine (C=N–C) groups is 1. The molecule has 0 aromatic heterocycles. The van der Waals surface area contributed by atoms with Gasteiger partial charge in [0.05, 0.1) is 0 Å². The highest BCUT2D eigenvalue weighted by atomic mass is 16.2. The number of carbonyl (C=O) groups is 2. The quantitative estimate of drug-likeness (QED) is 0.292. The Kier molecular flexibility index (Phi) is 6.53. The lowest BCUT2D eigenvalue weighted by molar-refractivity contribution is -0.130. The molecule has 0 spiro atoms. The molecule has 1 unspecified atom stereocenters. The molecule has 1 atom stereocenters. The highest BCUT2D eigenvalue weighted by molar-refractivity contribution is 6.06. The van der Waals surface area contributed by atoms with Crippen LogP contribution >= 0.6 is 0 Å². The van der Waals surface area contributed by atoms with E-state index in [0.29, 0.717) is 37.4 Å². The molecule has 1 saturated heterocycles. The van der Waals surface area contributed by atoms with Crippen molar-refractivity contribution in [2.24, 2.45) is 10.4 Å². The van der Waals surface area contributed by atoms with Crippen LogP contribution in [0.2, 0.25) is 0 Å². The van der Waals surface area contributed by atoms with Crippen LogP contribution in [0, 0.1) is 5.41 Å². The summed E-state index contributed by atoms with van der Waals surface area (Å²) in [6.45, 7) is 9.43. The van der Waals surface area contributed by atoms with E-state index in [4.69, 9.17) is 0 Å². The summed E-state index contributed by atoms with van der Waals surface area (Å²) in [4.78, 5) is 30.0. The van der Waals surface area contributed by atoms with E-state index in [1.807, 2.05) is 6.92 Å². The molecule has 0 radical (unpaired) electrons. The van der Waals surface area contributed by atoms with Crippen LogP contribution in [0.1, 0.15) is 66.2 Å².